The summed E-state index contributed by atoms with van der Waals surface area (Å²) in [5, 5.41) is 9.38. The summed E-state index contributed by atoms with van der Waals surface area (Å²) in [6.07, 6.45) is -0.0546. The average Bonchev–Trinajstić information content (AvgIpc) is 2.69. The lowest BCUT2D eigenvalue weighted by molar-refractivity contribution is -0.138. The molecule has 2 heterocycles. The number of carboxylic acids is 1. The van der Waals surface area contributed by atoms with Gasteiger partial charge in [0, 0.05) is 18.1 Å². The Kier molecular flexibility index (Phi) is 4.65. The van der Waals surface area contributed by atoms with Gasteiger partial charge in [0.2, 0.25) is 0 Å². The Hall–Kier alpha value is -0.850. The van der Waals surface area contributed by atoms with E-state index in [1.54, 1.807) is 16.7 Å². The van der Waals surface area contributed by atoms with Gasteiger partial charge in [0.05, 0.1) is 17.5 Å². The highest BCUT2D eigenvalue weighted by atomic mass is 35.5. The molecule has 1 aliphatic heterocycles. The van der Waals surface area contributed by atoms with Gasteiger partial charge in [0.25, 0.3) is 5.91 Å². The van der Waals surface area contributed by atoms with Crippen molar-refractivity contribution in [2.75, 3.05) is 18.1 Å². The zero-order valence-electron chi connectivity index (χ0n) is 9.86. The summed E-state index contributed by atoms with van der Waals surface area (Å²) in [7, 11) is 0. The van der Waals surface area contributed by atoms with E-state index in [2.05, 4.69) is 4.98 Å². The summed E-state index contributed by atoms with van der Waals surface area (Å²) in [5.41, 5.74) is 0.289. The molecule has 0 bridgehead atoms. The van der Waals surface area contributed by atoms with Crippen molar-refractivity contribution in [2.45, 2.75) is 12.5 Å². The van der Waals surface area contributed by atoms with Crippen LogP contribution in [0.2, 0.25) is 10.2 Å². The Morgan fingerprint density at radius 2 is 2.26 bits per heavy atom. The summed E-state index contributed by atoms with van der Waals surface area (Å²) in [4.78, 5) is 27.4. The monoisotopic (exact) mass is 322 g/mol. The normalized spacial score (nSPS) is 19.5. The summed E-state index contributed by atoms with van der Waals surface area (Å²) in [6, 6.07) is 1.16. The number of halogens is 2. The van der Waals surface area contributed by atoms with Crippen LogP contribution in [0.25, 0.3) is 0 Å². The molecule has 1 fully saturated rings. The first-order valence-electron chi connectivity index (χ1n) is 5.63. The number of aromatic amines is 1. The summed E-state index contributed by atoms with van der Waals surface area (Å²) < 4.78 is 0. The maximum Gasteiger partial charge on any atom is 0.305 e. The highest BCUT2D eigenvalue weighted by Gasteiger charge is 2.30. The van der Waals surface area contributed by atoms with Crippen molar-refractivity contribution in [1.82, 2.24) is 9.88 Å². The second kappa shape index (κ2) is 6.07. The number of thioether (sulfide) groups is 1. The van der Waals surface area contributed by atoms with E-state index in [0.29, 0.717) is 12.3 Å². The lowest BCUT2D eigenvalue weighted by Crippen LogP contribution is -2.47. The van der Waals surface area contributed by atoms with E-state index in [1.165, 1.54) is 6.07 Å². The summed E-state index contributed by atoms with van der Waals surface area (Å²) >= 11 is 13.2. The maximum absolute atomic E-state index is 12.3. The molecule has 19 heavy (non-hydrogen) atoms. The standard InChI is InChI=1S/C11H12Cl2N2O3S/c12-7-4-8(14-10(7)13)11(18)15-1-2-19-5-6(15)3-9(16)17/h4,6,14H,1-3,5H2,(H,16,17). The molecule has 1 amide bonds. The molecule has 2 N–H and O–H groups in total. The van der Waals surface area contributed by atoms with Crippen molar-refractivity contribution >= 4 is 46.8 Å². The predicted molar refractivity (Wildman–Crippen MR) is 75.2 cm³/mol. The summed E-state index contributed by atoms with van der Waals surface area (Å²) in [6.45, 7) is 0.524. The fourth-order valence-corrected chi connectivity index (χ4v) is 3.34. The van der Waals surface area contributed by atoms with Crippen LogP contribution < -0.4 is 0 Å². The van der Waals surface area contributed by atoms with Gasteiger partial charge < -0.3 is 15.0 Å². The number of carbonyl (C=O) groups is 2. The lowest BCUT2D eigenvalue weighted by atomic mass is 10.2. The van der Waals surface area contributed by atoms with E-state index in [4.69, 9.17) is 28.3 Å². The first-order chi connectivity index (χ1) is 8.99. The Balaban J connectivity index is 2.17. The van der Waals surface area contributed by atoms with E-state index < -0.39 is 5.97 Å². The van der Waals surface area contributed by atoms with E-state index in [1.807, 2.05) is 0 Å². The van der Waals surface area contributed by atoms with E-state index >= 15 is 0 Å². The van der Waals surface area contributed by atoms with E-state index in [0.717, 1.165) is 5.75 Å². The van der Waals surface area contributed by atoms with Crippen LogP contribution in [0.15, 0.2) is 6.07 Å². The Morgan fingerprint density at radius 3 is 2.84 bits per heavy atom. The molecule has 0 spiro atoms. The van der Waals surface area contributed by atoms with Gasteiger partial charge in [-0.15, -0.1) is 0 Å². The number of carbonyl (C=O) groups excluding carboxylic acids is 1. The number of carboxylic acid groups (broad SMARTS) is 1. The first kappa shape index (κ1) is 14.6. The molecule has 1 aliphatic rings. The van der Waals surface area contributed by atoms with Gasteiger partial charge in [0.1, 0.15) is 10.8 Å². The van der Waals surface area contributed by atoms with Gasteiger partial charge in [-0.1, -0.05) is 23.2 Å². The van der Waals surface area contributed by atoms with Crippen LogP contribution in [0.1, 0.15) is 16.9 Å². The molecule has 1 atom stereocenters. The Morgan fingerprint density at radius 1 is 1.53 bits per heavy atom. The second-order valence-corrected chi connectivity index (χ2v) is 6.11. The number of nitrogens with zero attached hydrogens (tertiary/aromatic N) is 1. The van der Waals surface area contributed by atoms with Gasteiger partial charge in [-0.2, -0.15) is 11.8 Å². The highest BCUT2D eigenvalue weighted by Crippen LogP contribution is 2.25. The minimum absolute atomic E-state index is 0.0546. The van der Waals surface area contributed by atoms with Crippen LogP contribution in [-0.2, 0) is 4.79 Å². The van der Waals surface area contributed by atoms with Crippen LogP contribution in [0.4, 0.5) is 0 Å². The summed E-state index contributed by atoms with van der Waals surface area (Å²) in [5.74, 6) is 0.248. The highest BCUT2D eigenvalue weighted by molar-refractivity contribution is 7.99. The Bertz CT molecular complexity index is 487. The molecule has 104 valence electrons. The molecule has 5 nitrogen and oxygen atoms in total. The molecule has 1 unspecified atom stereocenters. The van der Waals surface area contributed by atoms with Gasteiger partial charge in [-0.3, -0.25) is 9.59 Å². The molecule has 1 aromatic rings. The second-order valence-electron chi connectivity index (χ2n) is 4.17. The number of H-pyrrole nitrogens is 1. The SMILES string of the molecule is O=C(O)CC1CSCCN1C(=O)c1cc(Cl)c(Cl)[nH]1. The largest absolute Gasteiger partial charge is 0.481 e. The van der Waals surface area contributed by atoms with Crippen LogP contribution in [0, 0.1) is 0 Å². The third-order valence-corrected chi connectivity index (χ3v) is 4.64. The number of hydrogen-bond donors (Lipinski definition) is 2. The molecule has 0 radical (unpaired) electrons. The van der Waals surface area contributed by atoms with Gasteiger partial charge in [0.15, 0.2) is 0 Å². The minimum Gasteiger partial charge on any atom is -0.481 e. The van der Waals surface area contributed by atoms with Crippen molar-refractivity contribution in [1.29, 1.82) is 0 Å². The molecular weight excluding hydrogens is 311 g/mol. The van der Waals surface area contributed by atoms with Crippen molar-refractivity contribution in [2.24, 2.45) is 0 Å². The van der Waals surface area contributed by atoms with E-state index in [-0.39, 0.29) is 34.2 Å². The van der Waals surface area contributed by atoms with Gasteiger partial charge in [-0.25, -0.2) is 0 Å². The zero-order valence-corrected chi connectivity index (χ0v) is 12.2. The maximum atomic E-state index is 12.3. The van der Waals surface area contributed by atoms with Crippen LogP contribution >= 0.6 is 35.0 Å². The number of amides is 1. The number of rotatable bonds is 3. The van der Waals surface area contributed by atoms with Crippen molar-refractivity contribution in [3.63, 3.8) is 0 Å². The fraction of sp³-hybridized carbons (Fsp3) is 0.455. The smallest absolute Gasteiger partial charge is 0.305 e. The van der Waals surface area contributed by atoms with Gasteiger partial charge >= 0.3 is 5.97 Å². The third kappa shape index (κ3) is 3.38. The number of nitrogens with one attached hydrogen (secondary N) is 1. The van der Waals surface area contributed by atoms with Gasteiger partial charge in [-0.05, 0) is 6.07 Å². The van der Waals surface area contributed by atoms with Crippen molar-refractivity contribution < 1.29 is 14.7 Å². The first-order valence-corrected chi connectivity index (χ1v) is 7.54. The quantitative estimate of drug-likeness (QED) is 0.895. The number of aliphatic carboxylic acids is 1. The van der Waals surface area contributed by atoms with Crippen LogP contribution in [0.3, 0.4) is 0 Å². The molecule has 8 heteroatoms. The topological polar surface area (TPSA) is 73.4 Å². The molecule has 2 rings (SSSR count). The number of hydrogen-bond acceptors (Lipinski definition) is 3. The lowest BCUT2D eigenvalue weighted by Gasteiger charge is -2.34. The molecular formula is C11H12Cl2N2O3S. The molecule has 0 aromatic carbocycles. The van der Waals surface area contributed by atoms with Crippen molar-refractivity contribution in [3.8, 4) is 0 Å². The molecule has 0 aliphatic carbocycles. The minimum atomic E-state index is -0.909. The molecule has 1 saturated heterocycles. The Labute approximate surface area is 124 Å². The van der Waals surface area contributed by atoms with Crippen LogP contribution in [0.5, 0.6) is 0 Å². The number of aromatic nitrogens is 1. The molecule has 1 aromatic heterocycles. The molecule has 0 saturated carbocycles. The van der Waals surface area contributed by atoms with E-state index in [9.17, 15) is 9.59 Å². The predicted octanol–water partition coefficient (Wildman–Crippen LogP) is 2.35. The third-order valence-electron chi connectivity index (χ3n) is 2.85. The zero-order chi connectivity index (χ0) is 14.0. The fourth-order valence-electron chi connectivity index (χ4n) is 1.97. The van der Waals surface area contributed by atoms with Crippen molar-refractivity contribution in [3.05, 3.63) is 21.9 Å². The van der Waals surface area contributed by atoms with Crippen LogP contribution in [-0.4, -0.2) is 51.0 Å². The average molecular weight is 323 g/mol.